The van der Waals surface area contributed by atoms with E-state index in [9.17, 15) is 18.0 Å². The first-order valence-electron chi connectivity index (χ1n) is 10.1. The van der Waals surface area contributed by atoms with Gasteiger partial charge in [-0.2, -0.15) is 9.82 Å². The number of amides is 1. The van der Waals surface area contributed by atoms with Crippen LogP contribution in [0.5, 0.6) is 0 Å². The molecular formula is C22H28N4O5S. The molecule has 1 atom stereocenters. The van der Waals surface area contributed by atoms with Crippen LogP contribution in [0.3, 0.4) is 0 Å². The maximum Gasteiger partial charge on any atom is 0.305 e. The number of benzene rings is 2. The molecule has 2 rings (SSSR count). The Balaban J connectivity index is 1.86. The normalized spacial score (nSPS) is 12.5. The fourth-order valence-corrected chi connectivity index (χ4v) is 4.18. The van der Waals surface area contributed by atoms with E-state index < -0.39 is 34.4 Å². The topological polar surface area (TPSA) is 151 Å². The van der Waals surface area contributed by atoms with Gasteiger partial charge in [-0.15, -0.1) is 0 Å². The molecule has 0 unspecified atom stereocenters. The Morgan fingerprint density at radius 2 is 1.75 bits per heavy atom. The van der Waals surface area contributed by atoms with Crippen LogP contribution >= 0.6 is 0 Å². The van der Waals surface area contributed by atoms with Gasteiger partial charge in [-0.05, 0) is 49.4 Å². The zero-order valence-electron chi connectivity index (χ0n) is 17.8. The van der Waals surface area contributed by atoms with Crippen molar-refractivity contribution in [3.63, 3.8) is 0 Å². The predicted molar refractivity (Wildman–Crippen MR) is 122 cm³/mol. The number of carbonyl (C=O) groups excluding carboxylic acids is 1. The van der Waals surface area contributed by atoms with Crippen molar-refractivity contribution in [2.24, 2.45) is 10.9 Å². The molecule has 9 nitrogen and oxygen atoms in total. The lowest BCUT2D eigenvalue weighted by Crippen LogP contribution is -2.48. The molecule has 0 saturated carbocycles. The lowest BCUT2D eigenvalue weighted by molar-refractivity contribution is -0.139. The number of unbranched alkanes of at least 4 members (excludes halogenated alkanes) is 1. The molecule has 0 saturated heterocycles. The molecule has 5 N–H and O–H groups in total. The van der Waals surface area contributed by atoms with Crippen molar-refractivity contribution in [3.8, 4) is 0 Å². The summed E-state index contributed by atoms with van der Waals surface area (Å²) in [5, 5.41) is 15.2. The summed E-state index contributed by atoms with van der Waals surface area (Å²) in [6, 6.07) is 12.4. The molecule has 10 heteroatoms. The van der Waals surface area contributed by atoms with Gasteiger partial charge in [0.1, 0.15) is 6.04 Å². The quantitative estimate of drug-likeness (QED) is 0.163. The van der Waals surface area contributed by atoms with Gasteiger partial charge in [-0.1, -0.05) is 42.0 Å². The zero-order chi connectivity index (χ0) is 23.6. The fourth-order valence-electron chi connectivity index (χ4n) is 2.98. The molecule has 2 aromatic rings. The van der Waals surface area contributed by atoms with Crippen molar-refractivity contribution < 1.29 is 23.1 Å². The van der Waals surface area contributed by atoms with Gasteiger partial charge in [0.25, 0.3) is 0 Å². The van der Waals surface area contributed by atoms with Gasteiger partial charge >= 0.3 is 5.97 Å². The van der Waals surface area contributed by atoms with Crippen LogP contribution < -0.4 is 15.9 Å². The van der Waals surface area contributed by atoms with Gasteiger partial charge in [0.15, 0.2) is 0 Å². The fraction of sp³-hybridized carbons (Fsp3) is 0.318. The highest BCUT2D eigenvalue weighted by atomic mass is 32.2. The van der Waals surface area contributed by atoms with Crippen molar-refractivity contribution in [1.29, 1.82) is 0 Å². The summed E-state index contributed by atoms with van der Waals surface area (Å²) in [6.45, 7) is 2.12. The van der Waals surface area contributed by atoms with Crippen molar-refractivity contribution in [1.82, 2.24) is 10.0 Å². The Morgan fingerprint density at radius 1 is 1.09 bits per heavy atom. The molecule has 32 heavy (non-hydrogen) atoms. The molecule has 0 fully saturated rings. The van der Waals surface area contributed by atoms with Gasteiger partial charge in [-0.25, -0.2) is 8.42 Å². The summed E-state index contributed by atoms with van der Waals surface area (Å²) in [5.74, 6) is 3.17. The van der Waals surface area contributed by atoms with Crippen LogP contribution in [0.15, 0.2) is 58.5 Å². The summed E-state index contributed by atoms with van der Waals surface area (Å²) in [4.78, 5) is 23.6. The SMILES string of the molecule is Cc1ccc(S(=O)(=O)N[C@H](CC(=O)O)C(=O)NCCCCc2ccc(C=NN)cc2)cc1. The molecule has 1 amide bonds. The Morgan fingerprint density at radius 3 is 2.34 bits per heavy atom. The number of hydrazone groups is 1. The molecule has 0 aromatic heterocycles. The molecule has 0 spiro atoms. The van der Waals surface area contributed by atoms with E-state index >= 15 is 0 Å². The van der Waals surface area contributed by atoms with E-state index in [1.807, 2.05) is 31.2 Å². The zero-order valence-corrected chi connectivity index (χ0v) is 18.6. The number of carboxylic acid groups (broad SMARTS) is 1. The van der Waals surface area contributed by atoms with Crippen LogP contribution in [-0.2, 0) is 26.0 Å². The first kappa shape index (κ1) is 25.0. The third-order valence-corrected chi connectivity index (χ3v) is 6.21. The Bertz CT molecular complexity index is 1030. The van der Waals surface area contributed by atoms with Gasteiger partial charge in [-0.3, -0.25) is 9.59 Å². The third-order valence-electron chi connectivity index (χ3n) is 4.72. The second-order valence-corrected chi connectivity index (χ2v) is 9.07. The number of nitrogens with two attached hydrogens (primary N) is 1. The number of carboxylic acids is 1. The molecule has 0 aliphatic carbocycles. The second-order valence-electron chi connectivity index (χ2n) is 7.35. The second kappa shape index (κ2) is 12.0. The molecule has 0 radical (unpaired) electrons. The van der Waals surface area contributed by atoms with Crippen LogP contribution in [0.25, 0.3) is 0 Å². The molecule has 0 bridgehead atoms. The molecule has 0 aliphatic heterocycles. The summed E-state index contributed by atoms with van der Waals surface area (Å²) in [6.07, 6.45) is 3.15. The number of aliphatic carboxylic acids is 1. The third kappa shape index (κ3) is 8.12. The Labute approximate surface area is 187 Å². The first-order valence-corrected chi connectivity index (χ1v) is 11.6. The maximum atomic E-state index is 12.5. The van der Waals surface area contributed by atoms with E-state index in [-0.39, 0.29) is 4.90 Å². The van der Waals surface area contributed by atoms with Crippen molar-refractivity contribution in [2.75, 3.05) is 6.54 Å². The van der Waals surface area contributed by atoms with Crippen molar-refractivity contribution in [2.45, 2.75) is 43.5 Å². The number of aryl methyl sites for hydroxylation is 2. The van der Waals surface area contributed by atoms with Crippen LogP contribution in [0.2, 0.25) is 0 Å². The van der Waals surface area contributed by atoms with Gasteiger partial charge in [0, 0.05) is 6.54 Å². The van der Waals surface area contributed by atoms with Crippen molar-refractivity contribution >= 4 is 28.1 Å². The average Bonchev–Trinajstić information content (AvgIpc) is 2.74. The summed E-state index contributed by atoms with van der Waals surface area (Å²) < 4.78 is 27.3. The smallest absolute Gasteiger partial charge is 0.305 e. The van der Waals surface area contributed by atoms with Crippen molar-refractivity contribution in [3.05, 3.63) is 65.2 Å². The number of sulfonamides is 1. The first-order chi connectivity index (χ1) is 15.2. The highest BCUT2D eigenvalue weighted by molar-refractivity contribution is 7.89. The molecule has 172 valence electrons. The highest BCUT2D eigenvalue weighted by Crippen LogP contribution is 2.12. The molecule has 2 aromatic carbocycles. The van der Waals surface area contributed by atoms with Crippen LogP contribution in [-0.4, -0.2) is 44.2 Å². The number of rotatable bonds is 12. The van der Waals surface area contributed by atoms with E-state index in [0.717, 1.165) is 29.5 Å². The molecule has 0 heterocycles. The standard InChI is InChI=1S/C22H28N4O5S/c1-16-5-11-19(12-6-16)32(30,31)26-20(14-21(27)28)22(29)24-13-3-2-4-17-7-9-18(10-8-17)15-25-23/h5-12,15,20,26H,2-4,13-14,23H2,1H3,(H,24,29)(H,27,28)/t20-/m1/s1. The van der Waals surface area contributed by atoms with E-state index in [1.165, 1.54) is 12.1 Å². The summed E-state index contributed by atoms with van der Waals surface area (Å²) >= 11 is 0. The lowest BCUT2D eigenvalue weighted by Gasteiger charge is -2.17. The van der Waals surface area contributed by atoms with Crippen LogP contribution in [0.1, 0.15) is 36.0 Å². The van der Waals surface area contributed by atoms with E-state index in [4.69, 9.17) is 10.9 Å². The summed E-state index contributed by atoms with van der Waals surface area (Å²) in [5.41, 5.74) is 2.91. The predicted octanol–water partition coefficient (Wildman–Crippen LogP) is 1.55. The number of carbonyl (C=O) groups is 2. The molecule has 0 aliphatic rings. The highest BCUT2D eigenvalue weighted by Gasteiger charge is 2.27. The number of nitrogens with one attached hydrogen (secondary N) is 2. The Kier molecular flexibility index (Phi) is 9.36. The number of hydrogen-bond donors (Lipinski definition) is 4. The minimum Gasteiger partial charge on any atom is -0.481 e. The maximum absolute atomic E-state index is 12.5. The minimum absolute atomic E-state index is 0.0324. The largest absolute Gasteiger partial charge is 0.481 e. The molecular weight excluding hydrogens is 432 g/mol. The van der Waals surface area contributed by atoms with E-state index in [1.54, 1.807) is 18.3 Å². The summed E-state index contributed by atoms with van der Waals surface area (Å²) in [7, 11) is -4.04. The lowest BCUT2D eigenvalue weighted by atomic mass is 10.1. The monoisotopic (exact) mass is 460 g/mol. The number of nitrogens with zero attached hydrogens (tertiary/aromatic N) is 1. The minimum atomic E-state index is -4.04. The van der Waals surface area contributed by atoms with Gasteiger partial charge in [0.05, 0.1) is 17.5 Å². The van der Waals surface area contributed by atoms with E-state index in [0.29, 0.717) is 13.0 Å². The Hall–Kier alpha value is -3.24. The average molecular weight is 461 g/mol. The number of hydrogen-bond acceptors (Lipinski definition) is 6. The van der Waals surface area contributed by atoms with E-state index in [2.05, 4.69) is 15.1 Å². The van der Waals surface area contributed by atoms with Crippen LogP contribution in [0.4, 0.5) is 0 Å². The van der Waals surface area contributed by atoms with Gasteiger partial charge in [0.2, 0.25) is 15.9 Å². The van der Waals surface area contributed by atoms with Gasteiger partial charge < -0.3 is 16.3 Å². The van der Waals surface area contributed by atoms with Crippen LogP contribution in [0, 0.1) is 6.92 Å².